The highest BCUT2D eigenvalue weighted by molar-refractivity contribution is 5.28. The highest BCUT2D eigenvalue weighted by Gasteiger charge is 2.26. The van der Waals surface area contributed by atoms with Crippen molar-refractivity contribution in [3.8, 4) is 5.75 Å². The van der Waals surface area contributed by atoms with Gasteiger partial charge in [0.15, 0.2) is 5.82 Å². The molecule has 22 heavy (non-hydrogen) atoms. The van der Waals surface area contributed by atoms with Crippen LogP contribution in [0.5, 0.6) is 5.75 Å². The summed E-state index contributed by atoms with van der Waals surface area (Å²) in [6.45, 7) is 1.51. The summed E-state index contributed by atoms with van der Waals surface area (Å²) in [5.74, 6) is 2.36. The molecule has 1 saturated heterocycles. The molecule has 0 aliphatic carbocycles. The quantitative estimate of drug-likeness (QED) is 0.910. The molecule has 1 fully saturated rings. The fourth-order valence-electron chi connectivity index (χ4n) is 2.68. The van der Waals surface area contributed by atoms with Gasteiger partial charge >= 0.3 is 0 Å². The summed E-state index contributed by atoms with van der Waals surface area (Å²) in [6.07, 6.45) is 2.50. The molecule has 0 saturated carbocycles. The largest absolute Gasteiger partial charge is 0.497 e. The second-order valence-electron chi connectivity index (χ2n) is 5.55. The molecule has 1 aliphatic rings. The van der Waals surface area contributed by atoms with Gasteiger partial charge in [0.1, 0.15) is 5.75 Å². The standard InChI is InChI=1S/C16H21N3O3/c1-20-13-4-2-11(3-5-13)10-14-18-16(22-19-14)15(17)12-6-8-21-9-7-12/h2-5,12,15H,6-10,17H2,1H3/t15-/m1/s1. The van der Waals surface area contributed by atoms with E-state index < -0.39 is 0 Å². The Morgan fingerprint density at radius 3 is 2.68 bits per heavy atom. The van der Waals surface area contributed by atoms with Crippen molar-refractivity contribution in [1.29, 1.82) is 0 Å². The lowest BCUT2D eigenvalue weighted by atomic mass is 9.92. The molecule has 1 aromatic carbocycles. The molecule has 0 amide bonds. The molecule has 1 atom stereocenters. The van der Waals surface area contributed by atoms with Crippen LogP contribution in [-0.4, -0.2) is 30.5 Å². The van der Waals surface area contributed by atoms with Gasteiger partial charge in [0.2, 0.25) is 5.89 Å². The molecule has 1 aromatic heterocycles. The Bertz CT molecular complexity index is 591. The topological polar surface area (TPSA) is 83.4 Å². The molecule has 6 nitrogen and oxygen atoms in total. The van der Waals surface area contributed by atoms with E-state index in [4.69, 9.17) is 19.7 Å². The van der Waals surface area contributed by atoms with Crippen LogP contribution in [0.3, 0.4) is 0 Å². The van der Waals surface area contributed by atoms with Gasteiger partial charge < -0.3 is 19.7 Å². The number of methoxy groups -OCH3 is 1. The Hall–Kier alpha value is -1.92. The zero-order valence-corrected chi connectivity index (χ0v) is 12.7. The summed E-state index contributed by atoms with van der Waals surface area (Å²) < 4.78 is 15.8. The highest BCUT2D eigenvalue weighted by atomic mass is 16.5. The third-order valence-electron chi connectivity index (χ3n) is 4.06. The number of hydrogen-bond acceptors (Lipinski definition) is 6. The van der Waals surface area contributed by atoms with Crippen molar-refractivity contribution in [1.82, 2.24) is 10.1 Å². The third kappa shape index (κ3) is 3.45. The van der Waals surface area contributed by atoms with Gasteiger partial charge in [-0.1, -0.05) is 17.3 Å². The molecule has 1 aliphatic heterocycles. The van der Waals surface area contributed by atoms with E-state index in [0.717, 1.165) is 37.4 Å². The average Bonchev–Trinajstić information content (AvgIpc) is 3.04. The fraction of sp³-hybridized carbons (Fsp3) is 0.500. The number of hydrogen-bond donors (Lipinski definition) is 1. The molecule has 2 N–H and O–H groups in total. The Morgan fingerprint density at radius 1 is 1.27 bits per heavy atom. The molecular formula is C16H21N3O3. The first-order valence-electron chi connectivity index (χ1n) is 7.55. The molecule has 0 bridgehead atoms. The average molecular weight is 303 g/mol. The van der Waals surface area contributed by atoms with E-state index in [1.165, 1.54) is 0 Å². The SMILES string of the molecule is COc1ccc(Cc2noc([C@H](N)C3CCOCC3)n2)cc1. The summed E-state index contributed by atoms with van der Waals surface area (Å²) in [4.78, 5) is 4.45. The lowest BCUT2D eigenvalue weighted by Crippen LogP contribution is -2.27. The summed E-state index contributed by atoms with van der Waals surface area (Å²) in [7, 11) is 1.65. The monoisotopic (exact) mass is 303 g/mol. The van der Waals surface area contributed by atoms with Gasteiger partial charge in [-0.25, -0.2) is 0 Å². The lowest BCUT2D eigenvalue weighted by molar-refractivity contribution is 0.0546. The van der Waals surface area contributed by atoms with Crippen LogP contribution in [0.15, 0.2) is 28.8 Å². The van der Waals surface area contributed by atoms with E-state index in [0.29, 0.717) is 24.1 Å². The Labute approximate surface area is 129 Å². The van der Waals surface area contributed by atoms with Crippen molar-refractivity contribution in [2.45, 2.75) is 25.3 Å². The van der Waals surface area contributed by atoms with Crippen LogP contribution >= 0.6 is 0 Å². The fourth-order valence-corrected chi connectivity index (χ4v) is 2.68. The van der Waals surface area contributed by atoms with Gasteiger partial charge in [-0.05, 0) is 36.5 Å². The van der Waals surface area contributed by atoms with E-state index >= 15 is 0 Å². The van der Waals surface area contributed by atoms with Crippen molar-refractivity contribution >= 4 is 0 Å². The van der Waals surface area contributed by atoms with Crippen LogP contribution in [0.1, 0.15) is 36.2 Å². The predicted molar refractivity (Wildman–Crippen MR) is 80.6 cm³/mol. The molecule has 0 spiro atoms. The second-order valence-corrected chi connectivity index (χ2v) is 5.55. The van der Waals surface area contributed by atoms with Gasteiger partial charge in [0.05, 0.1) is 13.2 Å². The molecule has 3 rings (SSSR count). The van der Waals surface area contributed by atoms with Crippen LogP contribution in [-0.2, 0) is 11.2 Å². The van der Waals surface area contributed by atoms with Gasteiger partial charge in [-0.2, -0.15) is 4.98 Å². The van der Waals surface area contributed by atoms with Crippen molar-refractivity contribution < 1.29 is 14.0 Å². The number of nitrogens with two attached hydrogens (primary N) is 1. The van der Waals surface area contributed by atoms with Crippen molar-refractivity contribution in [3.05, 3.63) is 41.5 Å². The number of nitrogens with zero attached hydrogens (tertiary/aromatic N) is 2. The van der Waals surface area contributed by atoms with Crippen LogP contribution in [0, 0.1) is 5.92 Å². The minimum Gasteiger partial charge on any atom is -0.497 e. The maximum absolute atomic E-state index is 6.25. The zero-order chi connectivity index (χ0) is 15.4. The molecule has 2 aromatic rings. The maximum atomic E-state index is 6.25. The number of rotatable bonds is 5. The summed E-state index contributed by atoms with van der Waals surface area (Å²) in [6, 6.07) is 7.62. The zero-order valence-electron chi connectivity index (χ0n) is 12.7. The van der Waals surface area contributed by atoms with Crippen molar-refractivity contribution in [2.75, 3.05) is 20.3 Å². The first-order chi connectivity index (χ1) is 10.8. The normalized spacial score (nSPS) is 17.4. The van der Waals surface area contributed by atoms with Crippen LogP contribution in [0.2, 0.25) is 0 Å². The number of benzene rings is 1. The van der Waals surface area contributed by atoms with Gasteiger partial charge in [0.25, 0.3) is 0 Å². The first kappa shape index (κ1) is 15.0. The summed E-state index contributed by atoms with van der Waals surface area (Å²) in [5, 5.41) is 4.04. The second kappa shape index (κ2) is 6.89. The van der Waals surface area contributed by atoms with Crippen molar-refractivity contribution in [2.24, 2.45) is 11.7 Å². The predicted octanol–water partition coefficient (Wildman–Crippen LogP) is 2.10. The lowest BCUT2D eigenvalue weighted by Gasteiger charge is -2.25. The maximum Gasteiger partial charge on any atom is 0.243 e. The Balaban J connectivity index is 1.64. The number of ether oxygens (including phenoxy) is 2. The summed E-state index contributed by atoms with van der Waals surface area (Å²) in [5.41, 5.74) is 7.35. The smallest absolute Gasteiger partial charge is 0.243 e. The molecule has 118 valence electrons. The van der Waals surface area contributed by atoms with Gasteiger partial charge in [0, 0.05) is 19.6 Å². The number of aromatic nitrogens is 2. The molecule has 2 heterocycles. The minimum atomic E-state index is -0.207. The van der Waals surface area contributed by atoms with Gasteiger partial charge in [-0.3, -0.25) is 0 Å². The van der Waals surface area contributed by atoms with E-state index in [1.54, 1.807) is 7.11 Å². The summed E-state index contributed by atoms with van der Waals surface area (Å²) >= 11 is 0. The third-order valence-corrected chi connectivity index (χ3v) is 4.06. The van der Waals surface area contributed by atoms with E-state index in [1.807, 2.05) is 24.3 Å². The minimum absolute atomic E-state index is 0.207. The van der Waals surface area contributed by atoms with E-state index in [9.17, 15) is 0 Å². The van der Waals surface area contributed by atoms with Crippen molar-refractivity contribution in [3.63, 3.8) is 0 Å². The van der Waals surface area contributed by atoms with E-state index in [2.05, 4.69) is 10.1 Å². The molecular weight excluding hydrogens is 282 g/mol. The first-order valence-corrected chi connectivity index (χ1v) is 7.55. The molecule has 6 heteroatoms. The van der Waals surface area contributed by atoms with Gasteiger partial charge in [-0.15, -0.1) is 0 Å². The van der Waals surface area contributed by atoms with Crippen LogP contribution in [0.25, 0.3) is 0 Å². The molecule has 0 radical (unpaired) electrons. The Morgan fingerprint density at radius 2 is 2.00 bits per heavy atom. The van der Waals surface area contributed by atoms with Crippen LogP contribution in [0.4, 0.5) is 0 Å². The Kier molecular flexibility index (Phi) is 4.70. The molecule has 0 unspecified atom stereocenters. The van der Waals surface area contributed by atoms with E-state index in [-0.39, 0.29) is 6.04 Å². The van der Waals surface area contributed by atoms with Crippen LogP contribution < -0.4 is 10.5 Å². The highest BCUT2D eigenvalue weighted by Crippen LogP contribution is 2.27.